The minimum absolute atomic E-state index is 0.0397. The van der Waals surface area contributed by atoms with Crippen LogP contribution in [0.3, 0.4) is 0 Å². The van der Waals surface area contributed by atoms with Crippen molar-refractivity contribution in [2.45, 2.75) is 25.8 Å². The second-order valence-corrected chi connectivity index (χ2v) is 12.2. The molecule has 7 rings (SSSR count). The van der Waals surface area contributed by atoms with Crippen molar-refractivity contribution < 1.29 is 14.0 Å². The number of likely N-dealkylation sites (tertiary alicyclic amines) is 1. The van der Waals surface area contributed by atoms with Gasteiger partial charge in [-0.2, -0.15) is 5.10 Å². The van der Waals surface area contributed by atoms with Gasteiger partial charge in [-0.3, -0.25) is 19.6 Å². The van der Waals surface area contributed by atoms with Gasteiger partial charge in [0.15, 0.2) is 5.82 Å². The first-order valence-electron chi connectivity index (χ1n) is 15.7. The van der Waals surface area contributed by atoms with Crippen LogP contribution in [0.4, 0.5) is 10.2 Å². The van der Waals surface area contributed by atoms with Crippen LogP contribution in [-0.2, 0) is 16.0 Å². The molecule has 2 aliphatic heterocycles. The summed E-state index contributed by atoms with van der Waals surface area (Å²) in [7, 11) is 0. The first-order chi connectivity index (χ1) is 22.4. The molecule has 2 aromatic carbocycles. The molecule has 0 saturated carbocycles. The third-order valence-electron chi connectivity index (χ3n) is 9.05. The summed E-state index contributed by atoms with van der Waals surface area (Å²) < 4.78 is 13.4. The van der Waals surface area contributed by atoms with Crippen LogP contribution in [0.5, 0.6) is 0 Å². The highest BCUT2D eigenvalue weighted by Crippen LogP contribution is 2.28. The fraction of sp³-hybridized carbons (Fsp3) is 0.314. The standard InChI is InChI=1S/C35H35FN8O2/c1-23-20-43(32-10-6-26(19-39-32)35-37-12-2-13-38-35)15-16-44(23)33(46)22-42-14-11-27(21-42)31(45)18-24-3-9-30-29(17-24)34(41-40-30)25-4-7-28(36)8-5-25/h2-10,12-13,17,19,23,27H,11,14-16,18,20-22H2,1H3,(H,40,41)/t23-,27?/m1/s1. The Morgan fingerprint density at radius 2 is 1.74 bits per heavy atom. The number of aromatic amines is 1. The minimum Gasteiger partial charge on any atom is -0.353 e. The molecule has 0 bridgehead atoms. The second-order valence-electron chi connectivity index (χ2n) is 12.2. The molecule has 0 radical (unpaired) electrons. The number of nitrogens with one attached hydrogen (secondary N) is 1. The van der Waals surface area contributed by atoms with E-state index < -0.39 is 0 Å². The molecule has 234 valence electrons. The van der Waals surface area contributed by atoms with E-state index in [-0.39, 0.29) is 29.5 Å². The summed E-state index contributed by atoms with van der Waals surface area (Å²) >= 11 is 0. The van der Waals surface area contributed by atoms with E-state index in [4.69, 9.17) is 0 Å². The van der Waals surface area contributed by atoms with Crippen LogP contribution >= 0.6 is 0 Å². The highest BCUT2D eigenvalue weighted by Gasteiger charge is 2.33. The number of aromatic nitrogens is 5. The molecule has 46 heavy (non-hydrogen) atoms. The number of anilines is 1. The zero-order chi connectivity index (χ0) is 31.6. The molecule has 2 aliphatic rings. The first kappa shape index (κ1) is 29.7. The number of carbonyl (C=O) groups is 2. The Morgan fingerprint density at radius 3 is 2.50 bits per heavy atom. The number of Topliss-reactive ketones (excluding diaryl/α,β-unsaturated/α-hetero) is 1. The summed E-state index contributed by atoms with van der Waals surface area (Å²) in [5.41, 5.74) is 4.19. The van der Waals surface area contributed by atoms with Crippen molar-refractivity contribution in [2.24, 2.45) is 5.92 Å². The van der Waals surface area contributed by atoms with E-state index in [1.165, 1.54) is 12.1 Å². The molecule has 0 aliphatic carbocycles. The van der Waals surface area contributed by atoms with Crippen molar-refractivity contribution in [1.29, 1.82) is 0 Å². The van der Waals surface area contributed by atoms with Crippen molar-refractivity contribution in [3.05, 3.63) is 90.6 Å². The highest BCUT2D eigenvalue weighted by atomic mass is 19.1. The molecule has 11 heteroatoms. The van der Waals surface area contributed by atoms with Gasteiger partial charge < -0.3 is 9.80 Å². The fourth-order valence-electron chi connectivity index (χ4n) is 6.56. The molecule has 2 saturated heterocycles. The lowest BCUT2D eigenvalue weighted by Crippen LogP contribution is -2.56. The van der Waals surface area contributed by atoms with E-state index in [1.54, 1.807) is 36.8 Å². The summed E-state index contributed by atoms with van der Waals surface area (Å²) in [6, 6.07) is 17.9. The maximum atomic E-state index is 13.4. The molecule has 5 aromatic rings. The molecule has 2 fully saturated rings. The van der Waals surface area contributed by atoms with E-state index >= 15 is 0 Å². The van der Waals surface area contributed by atoms with Gasteiger partial charge >= 0.3 is 0 Å². The summed E-state index contributed by atoms with van der Waals surface area (Å²) in [5, 5.41) is 8.35. The number of hydrogen-bond donors (Lipinski definition) is 1. The zero-order valence-corrected chi connectivity index (χ0v) is 25.6. The van der Waals surface area contributed by atoms with Gasteiger partial charge in [0.2, 0.25) is 5.91 Å². The Balaban J connectivity index is 0.917. The van der Waals surface area contributed by atoms with Gasteiger partial charge in [0, 0.05) is 79.7 Å². The number of H-pyrrole nitrogens is 1. The molecule has 5 heterocycles. The first-order valence-corrected chi connectivity index (χ1v) is 15.7. The molecular weight excluding hydrogens is 583 g/mol. The topological polar surface area (TPSA) is 111 Å². The van der Waals surface area contributed by atoms with Gasteiger partial charge in [-0.05, 0) is 80.1 Å². The van der Waals surface area contributed by atoms with E-state index in [1.807, 2.05) is 35.2 Å². The predicted molar refractivity (Wildman–Crippen MR) is 173 cm³/mol. The Labute approximate surface area is 266 Å². The van der Waals surface area contributed by atoms with E-state index in [9.17, 15) is 14.0 Å². The third kappa shape index (κ3) is 6.23. The van der Waals surface area contributed by atoms with Crippen molar-refractivity contribution in [2.75, 3.05) is 44.2 Å². The van der Waals surface area contributed by atoms with Crippen molar-refractivity contribution in [1.82, 2.24) is 34.9 Å². The van der Waals surface area contributed by atoms with Gasteiger partial charge in [-0.15, -0.1) is 0 Å². The Hall–Kier alpha value is -5.03. The lowest BCUT2D eigenvalue weighted by molar-refractivity contribution is -0.134. The van der Waals surface area contributed by atoms with Crippen molar-refractivity contribution >= 4 is 28.4 Å². The molecule has 1 amide bonds. The SMILES string of the molecule is C[C@@H]1CN(c2ccc(-c3ncccn3)cn2)CCN1C(=O)CN1CCC(C(=O)Cc2ccc3[nH]nc(-c4ccc(F)cc4)c3c2)C1. The largest absolute Gasteiger partial charge is 0.353 e. The average molecular weight is 619 g/mol. The van der Waals surface area contributed by atoms with Gasteiger partial charge in [0.1, 0.15) is 17.4 Å². The number of benzene rings is 2. The summed E-state index contributed by atoms with van der Waals surface area (Å²) in [5.74, 6) is 1.40. The maximum Gasteiger partial charge on any atom is 0.237 e. The van der Waals surface area contributed by atoms with E-state index in [0.29, 0.717) is 45.0 Å². The van der Waals surface area contributed by atoms with Crippen LogP contribution in [0, 0.1) is 11.7 Å². The van der Waals surface area contributed by atoms with Crippen LogP contribution in [0.1, 0.15) is 18.9 Å². The maximum absolute atomic E-state index is 13.4. The Morgan fingerprint density at radius 1 is 0.935 bits per heavy atom. The average Bonchev–Trinajstić information content (AvgIpc) is 3.73. The zero-order valence-electron chi connectivity index (χ0n) is 25.6. The summed E-state index contributed by atoms with van der Waals surface area (Å²) in [6.45, 7) is 5.74. The number of nitrogens with zero attached hydrogens (tertiary/aromatic N) is 7. The van der Waals surface area contributed by atoms with E-state index in [2.05, 4.69) is 41.9 Å². The predicted octanol–water partition coefficient (Wildman–Crippen LogP) is 4.39. The van der Waals surface area contributed by atoms with Crippen LogP contribution in [-0.4, -0.2) is 91.9 Å². The van der Waals surface area contributed by atoms with Gasteiger partial charge in [-0.25, -0.2) is 19.3 Å². The molecule has 1 N–H and O–H groups in total. The number of carbonyl (C=O) groups excluding carboxylic acids is 2. The number of ketones is 1. The smallest absolute Gasteiger partial charge is 0.237 e. The number of pyridine rings is 1. The second kappa shape index (κ2) is 12.8. The molecular formula is C35H35FN8O2. The van der Waals surface area contributed by atoms with E-state index in [0.717, 1.165) is 52.1 Å². The summed E-state index contributed by atoms with van der Waals surface area (Å²) in [6.07, 6.45) is 6.29. The number of piperazine rings is 1. The van der Waals surface area contributed by atoms with Gasteiger partial charge in [-0.1, -0.05) is 6.07 Å². The molecule has 0 spiro atoms. The molecule has 3 aromatic heterocycles. The van der Waals surface area contributed by atoms with Gasteiger partial charge in [0.05, 0.1) is 17.8 Å². The number of halogens is 1. The minimum atomic E-state index is -0.297. The molecule has 2 atom stereocenters. The van der Waals surface area contributed by atoms with Crippen molar-refractivity contribution in [3.8, 4) is 22.6 Å². The number of rotatable bonds is 8. The lowest BCUT2D eigenvalue weighted by atomic mass is 9.96. The third-order valence-corrected chi connectivity index (χ3v) is 9.05. The number of amides is 1. The lowest BCUT2D eigenvalue weighted by Gasteiger charge is -2.41. The highest BCUT2D eigenvalue weighted by molar-refractivity contribution is 5.94. The van der Waals surface area contributed by atoms with Crippen LogP contribution in [0.2, 0.25) is 0 Å². The molecule has 1 unspecified atom stereocenters. The Kier molecular flexibility index (Phi) is 8.23. The fourth-order valence-corrected chi connectivity index (χ4v) is 6.56. The number of hydrogen-bond acceptors (Lipinski definition) is 8. The monoisotopic (exact) mass is 618 g/mol. The number of fused-ring (bicyclic) bond motifs is 1. The van der Waals surface area contributed by atoms with Crippen molar-refractivity contribution in [3.63, 3.8) is 0 Å². The molecule has 10 nitrogen and oxygen atoms in total. The Bertz CT molecular complexity index is 1840. The van der Waals surface area contributed by atoms with Crippen LogP contribution < -0.4 is 4.90 Å². The normalized spacial score (nSPS) is 18.7. The quantitative estimate of drug-likeness (QED) is 0.273. The van der Waals surface area contributed by atoms with Crippen LogP contribution in [0.15, 0.2) is 79.3 Å². The van der Waals surface area contributed by atoms with Crippen LogP contribution in [0.25, 0.3) is 33.5 Å². The van der Waals surface area contributed by atoms with Gasteiger partial charge in [0.25, 0.3) is 0 Å². The summed E-state index contributed by atoms with van der Waals surface area (Å²) in [4.78, 5) is 46.2.